The Balaban J connectivity index is 0.00000133. The average Bonchev–Trinajstić information content (AvgIpc) is 3.64. The smallest absolute Gasteiger partial charge is 0.140 e. The lowest BCUT2D eigenvalue weighted by molar-refractivity contribution is 0.234. The molecule has 0 radical (unpaired) electrons. The van der Waals surface area contributed by atoms with E-state index >= 15 is 0 Å². The fourth-order valence-electron chi connectivity index (χ4n) is 8.24. The van der Waals surface area contributed by atoms with Crippen LogP contribution >= 0.6 is 0 Å². The van der Waals surface area contributed by atoms with Crippen LogP contribution in [0.3, 0.4) is 0 Å². The van der Waals surface area contributed by atoms with Gasteiger partial charge in [-0.2, -0.15) is 0 Å². The molecule has 0 amide bonds. The Kier molecular flexibility index (Phi) is 20.6. The summed E-state index contributed by atoms with van der Waals surface area (Å²) in [7, 11) is 0. The van der Waals surface area contributed by atoms with Gasteiger partial charge in [0, 0.05) is 35.5 Å². The van der Waals surface area contributed by atoms with Crippen molar-refractivity contribution in [3.8, 4) is 92.6 Å². The highest BCUT2D eigenvalue weighted by atomic mass is 16.5. The first-order valence-corrected chi connectivity index (χ1v) is 26.8. The van der Waals surface area contributed by atoms with Crippen LogP contribution in [0.25, 0.3) is 69.8 Å². The SMILES string of the molecule is CC#CC#COc1ccc(/C=C/c2ccc(-c3ccc(N(c4ccc(-c5ccc(/C=C/c6ccc(C)cc6)cc5)cc4)c4ccc(-c5ccc(/C=C/c6ccc(OC#CC#CC)cc6)cc5)cc4)cc3)cc2)cc1.CCC(C)CO. The molecular formula is C76H63NO3. The molecule has 9 aromatic carbocycles. The van der Waals surface area contributed by atoms with Crippen molar-refractivity contribution < 1.29 is 14.6 Å². The highest BCUT2D eigenvalue weighted by Gasteiger charge is 2.14. The van der Waals surface area contributed by atoms with Gasteiger partial charge in [-0.1, -0.05) is 232 Å². The monoisotopic (exact) mass is 1040 g/mol. The number of hydrogen-bond acceptors (Lipinski definition) is 4. The normalized spacial score (nSPS) is 10.9. The molecule has 0 heterocycles. The zero-order valence-electron chi connectivity index (χ0n) is 46.0. The van der Waals surface area contributed by atoms with Crippen LogP contribution in [-0.4, -0.2) is 11.7 Å². The minimum absolute atomic E-state index is 0.330. The van der Waals surface area contributed by atoms with Crippen molar-refractivity contribution in [3.63, 3.8) is 0 Å². The van der Waals surface area contributed by atoms with E-state index in [1.54, 1.807) is 13.8 Å². The van der Waals surface area contributed by atoms with E-state index in [-0.39, 0.29) is 0 Å². The van der Waals surface area contributed by atoms with Gasteiger partial charge in [0.05, 0.1) is 0 Å². The van der Waals surface area contributed by atoms with Gasteiger partial charge < -0.3 is 19.5 Å². The van der Waals surface area contributed by atoms with E-state index < -0.39 is 0 Å². The van der Waals surface area contributed by atoms with Crippen LogP contribution in [0, 0.1) is 60.6 Å². The van der Waals surface area contributed by atoms with Gasteiger partial charge in [-0.15, -0.1) is 0 Å². The Morgan fingerprint density at radius 2 is 0.625 bits per heavy atom. The minimum atomic E-state index is 0.330. The van der Waals surface area contributed by atoms with E-state index in [2.05, 4.69) is 273 Å². The summed E-state index contributed by atoms with van der Waals surface area (Å²) in [6.45, 7) is 10.0. The summed E-state index contributed by atoms with van der Waals surface area (Å²) in [6, 6.07) is 76.7. The lowest BCUT2D eigenvalue weighted by Gasteiger charge is -2.26. The molecule has 4 nitrogen and oxygen atoms in total. The third kappa shape index (κ3) is 16.6. The topological polar surface area (TPSA) is 41.9 Å². The summed E-state index contributed by atoms with van der Waals surface area (Å²) in [6.07, 6.45) is 19.0. The third-order valence-electron chi connectivity index (χ3n) is 13.2. The molecule has 0 aliphatic rings. The number of benzene rings is 9. The Labute approximate surface area is 474 Å². The molecule has 0 spiro atoms. The van der Waals surface area contributed by atoms with Crippen LogP contribution in [-0.2, 0) is 0 Å². The van der Waals surface area contributed by atoms with Crippen molar-refractivity contribution >= 4 is 53.5 Å². The zero-order chi connectivity index (χ0) is 55.7. The third-order valence-corrected chi connectivity index (χ3v) is 13.2. The second kappa shape index (κ2) is 29.4. The van der Waals surface area contributed by atoms with Gasteiger partial charge >= 0.3 is 0 Å². The number of anilines is 3. The first-order chi connectivity index (χ1) is 39.3. The lowest BCUT2D eigenvalue weighted by Crippen LogP contribution is -2.09. The molecule has 0 saturated carbocycles. The largest absolute Gasteiger partial charge is 0.407 e. The van der Waals surface area contributed by atoms with Crippen LogP contribution in [0.4, 0.5) is 17.1 Å². The number of rotatable bonds is 16. The number of nitrogens with zero attached hydrogens (tertiary/aromatic N) is 1. The van der Waals surface area contributed by atoms with Gasteiger partial charge in [-0.25, -0.2) is 0 Å². The highest BCUT2D eigenvalue weighted by molar-refractivity contribution is 5.82. The molecule has 0 aliphatic heterocycles. The van der Waals surface area contributed by atoms with Crippen LogP contribution in [0.2, 0.25) is 0 Å². The molecule has 9 rings (SSSR count). The van der Waals surface area contributed by atoms with E-state index in [9.17, 15) is 0 Å². The molecule has 1 unspecified atom stereocenters. The molecule has 4 heteroatoms. The van der Waals surface area contributed by atoms with E-state index in [1.165, 1.54) is 16.7 Å². The maximum absolute atomic E-state index is 8.33. The van der Waals surface area contributed by atoms with Gasteiger partial charge in [0.15, 0.2) is 0 Å². The van der Waals surface area contributed by atoms with Gasteiger partial charge in [0.25, 0.3) is 0 Å². The summed E-state index contributed by atoms with van der Waals surface area (Å²) in [4.78, 5) is 2.32. The molecule has 0 bridgehead atoms. The fourth-order valence-corrected chi connectivity index (χ4v) is 8.24. The van der Waals surface area contributed by atoms with Crippen LogP contribution in [0.5, 0.6) is 11.5 Å². The molecule has 80 heavy (non-hydrogen) atoms. The second-order valence-electron chi connectivity index (χ2n) is 19.0. The maximum Gasteiger partial charge on any atom is 0.140 e. The molecule has 0 fully saturated rings. The van der Waals surface area contributed by atoms with Gasteiger partial charge in [0.1, 0.15) is 23.7 Å². The fraction of sp³-hybridized carbons (Fsp3) is 0.105. The quantitative estimate of drug-likeness (QED) is 0.0773. The van der Waals surface area contributed by atoms with Crippen LogP contribution < -0.4 is 14.4 Å². The van der Waals surface area contributed by atoms with Gasteiger partial charge in [-0.05, 0) is 166 Å². The number of aliphatic hydroxyl groups excluding tert-OH is 1. The second-order valence-corrected chi connectivity index (χ2v) is 19.0. The highest BCUT2D eigenvalue weighted by Crippen LogP contribution is 2.38. The van der Waals surface area contributed by atoms with Crippen LogP contribution in [0.15, 0.2) is 218 Å². The molecule has 1 atom stereocenters. The summed E-state index contributed by atoms with van der Waals surface area (Å²) in [5, 5.41) is 8.33. The first-order valence-electron chi connectivity index (χ1n) is 26.8. The van der Waals surface area contributed by atoms with Gasteiger partial charge in [-0.3, -0.25) is 0 Å². The summed E-state index contributed by atoms with van der Waals surface area (Å²) in [5.74, 6) is 18.0. The zero-order valence-corrected chi connectivity index (χ0v) is 46.0. The minimum Gasteiger partial charge on any atom is -0.407 e. The molecule has 1 N–H and O–H groups in total. The van der Waals surface area contributed by atoms with Crippen molar-refractivity contribution in [1.29, 1.82) is 0 Å². The number of aliphatic hydroxyl groups is 1. The lowest BCUT2D eigenvalue weighted by atomic mass is 10.0. The average molecular weight is 1040 g/mol. The van der Waals surface area contributed by atoms with E-state index in [1.807, 2.05) is 55.5 Å². The van der Waals surface area contributed by atoms with Crippen molar-refractivity contribution in [1.82, 2.24) is 0 Å². The molecule has 0 aliphatic carbocycles. The van der Waals surface area contributed by atoms with Crippen molar-refractivity contribution in [3.05, 3.63) is 257 Å². The Morgan fingerprint density at radius 3 is 0.863 bits per heavy atom. The van der Waals surface area contributed by atoms with E-state index in [0.717, 1.165) is 79.1 Å². The van der Waals surface area contributed by atoms with E-state index in [4.69, 9.17) is 14.6 Å². The maximum atomic E-state index is 8.33. The first kappa shape index (κ1) is 56.0. The Bertz CT molecular complexity index is 3580. The number of ether oxygens (including phenoxy) is 2. The predicted octanol–water partition coefficient (Wildman–Crippen LogP) is 18.7. The standard InChI is InChI=1S/C71H51NO2.C5H12O/c1-4-6-8-52-73-70-48-26-59(27-49-70)18-16-57-22-32-62(33-23-57)65-38-44-68(45-39-65)72(67-42-36-64(37-43-67)61-30-20-56(21-31-61)15-14-55-12-10-54(3)11-13-55)69-46-40-66(41-47-69)63-34-24-58(25-35-63)17-19-60-28-50-71(51-29-60)74-53-9-7-5-2;1-3-5(2)4-6/h10-51H,1-3H3;5-6H,3-4H2,1-2H3/b15-14+,18-16+,19-17+;. The van der Waals surface area contributed by atoms with Crippen LogP contribution in [0.1, 0.15) is 73.1 Å². The Morgan fingerprint density at radius 1 is 0.375 bits per heavy atom. The van der Waals surface area contributed by atoms with Crippen molar-refractivity contribution in [2.45, 2.75) is 41.0 Å². The molecular weight excluding hydrogens is 975 g/mol. The van der Waals surface area contributed by atoms with Crippen molar-refractivity contribution in [2.24, 2.45) is 5.92 Å². The van der Waals surface area contributed by atoms with Crippen molar-refractivity contribution in [2.75, 3.05) is 11.5 Å². The van der Waals surface area contributed by atoms with E-state index in [0.29, 0.717) is 24.0 Å². The number of hydrogen-bond donors (Lipinski definition) is 1. The summed E-state index contributed by atoms with van der Waals surface area (Å²) in [5.41, 5.74) is 18.1. The molecule has 0 saturated heterocycles. The van der Waals surface area contributed by atoms with Gasteiger partial charge in [0.2, 0.25) is 0 Å². The molecule has 0 aromatic heterocycles. The molecule has 9 aromatic rings. The summed E-state index contributed by atoms with van der Waals surface area (Å²) >= 11 is 0. The summed E-state index contributed by atoms with van der Waals surface area (Å²) < 4.78 is 10.9. The predicted molar refractivity (Wildman–Crippen MR) is 339 cm³/mol. The Hall–Kier alpha value is -10.2. The molecule has 390 valence electrons. The number of aryl methyl sites for hydroxylation is 1.